The molecule has 1 aromatic heterocycles. The zero-order valence-electron chi connectivity index (χ0n) is 13.1. The average Bonchev–Trinajstić information content (AvgIpc) is 2.63. The van der Waals surface area contributed by atoms with E-state index in [1.54, 1.807) is 0 Å². The van der Waals surface area contributed by atoms with Crippen LogP contribution in [-0.2, 0) is 7.05 Å². The molecule has 23 heavy (non-hydrogen) atoms. The van der Waals surface area contributed by atoms with Gasteiger partial charge in [0.2, 0.25) is 5.52 Å². The zero-order valence-corrected chi connectivity index (χ0v) is 13.1. The Hall–Kier alpha value is -2.93. The summed E-state index contributed by atoms with van der Waals surface area (Å²) in [5.41, 5.74) is 6.28. The molecule has 4 aromatic rings. The van der Waals surface area contributed by atoms with Crippen molar-refractivity contribution in [3.8, 4) is 22.3 Å². The Morgan fingerprint density at radius 2 is 1.26 bits per heavy atom. The van der Waals surface area contributed by atoms with Gasteiger partial charge in [-0.25, -0.2) is 4.57 Å². The van der Waals surface area contributed by atoms with E-state index in [2.05, 4.69) is 96.7 Å². The topological polar surface area (TPSA) is 3.88 Å². The molecule has 0 bridgehead atoms. The summed E-state index contributed by atoms with van der Waals surface area (Å²) < 4.78 is 2.16. The van der Waals surface area contributed by atoms with Gasteiger partial charge < -0.3 is 0 Å². The van der Waals surface area contributed by atoms with Crippen LogP contribution in [0.25, 0.3) is 33.2 Å². The summed E-state index contributed by atoms with van der Waals surface area (Å²) in [5, 5.41) is 1.28. The molecule has 0 unspecified atom stereocenters. The van der Waals surface area contributed by atoms with Crippen molar-refractivity contribution in [2.24, 2.45) is 7.05 Å². The minimum atomic E-state index is 1.25. The van der Waals surface area contributed by atoms with Crippen LogP contribution < -0.4 is 4.57 Å². The summed E-state index contributed by atoms with van der Waals surface area (Å²) in [4.78, 5) is 0. The lowest BCUT2D eigenvalue weighted by Gasteiger charge is -2.07. The van der Waals surface area contributed by atoms with Crippen molar-refractivity contribution >= 4 is 10.9 Å². The Morgan fingerprint density at radius 1 is 0.565 bits per heavy atom. The first-order valence-electron chi connectivity index (χ1n) is 7.86. The molecule has 0 aliphatic rings. The molecular formula is C22H18N+. The van der Waals surface area contributed by atoms with Crippen molar-refractivity contribution in [3.63, 3.8) is 0 Å². The molecular weight excluding hydrogens is 278 g/mol. The van der Waals surface area contributed by atoms with E-state index in [4.69, 9.17) is 0 Å². The standard InChI is InChI=1S/C22H18N/c1-23-16-6-10-21-20(9-5-11-22(21)23)19-14-12-18(13-15-19)17-7-3-2-4-8-17/h2-16H,1H3/q+1. The highest BCUT2D eigenvalue weighted by molar-refractivity contribution is 5.93. The van der Waals surface area contributed by atoms with Crippen LogP contribution >= 0.6 is 0 Å². The van der Waals surface area contributed by atoms with E-state index in [1.807, 2.05) is 6.07 Å². The molecule has 3 aromatic carbocycles. The molecule has 0 radical (unpaired) electrons. The minimum Gasteiger partial charge on any atom is -0.201 e. The van der Waals surface area contributed by atoms with E-state index in [0.717, 1.165) is 0 Å². The van der Waals surface area contributed by atoms with Gasteiger partial charge in [-0.3, -0.25) is 0 Å². The number of hydrogen-bond donors (Lipinski definition) is 0. The van der Waals surface area contributed by atoms with Gasteiger partial charge in [0.15, 0.2) is 6.20 Å². The SMILES string of the molecule is C[n+]1cccc2c(-c3ccc(-c4ccccc4)cc3)cccc21. The van der Waals surface area contributed by atoms with Crippen LogP contribution in [0.15, 0.2) is 91.1 Å². The molecule has 1 heteroatoms. The normalized spacial score (nSPS) is 10.8. The van der Waals surface area contributed by atoms with Crippen molar-refractivity contribution in [1.29, 1.82) is 0 Å². The molecule has 1 heterocycles. The van der Waals surface area contributed by atoms with Gasteiger partial charge in [-0.2, -0.15) is 0 Å². The predicted molar refractivity (Wildman–Crippen MR) is 96.0 cm³/mol. The minimum absolute atomic E-state index is 1.25. The van der Waals surface area contributed by atoms with E-state index in [-0.39, 0.29) is 0 Å². The maximum absolute atomic E-state index is 2.21. The molecule has 110 valence electrons. The molecule has 1 nitrogen and oxygen atoms in total. The van der Waals surface area contributed by atoms with E-state index in [1.165, 1.54) is 33.2 Å². The number of benzene rings is 3. The van der Waals surface area contributed by atoms with Gasteiger partial charge in [-0.15, -0.1) is 0 Å². The molecule has 0 saturated carbocycles. The summed E-state index contributed by atoms with van der Waals surface area (Å²) in [5.74, 6) is 0. The number of aromatic nitrogens is 1. The third kappa shape index (κ3) is 2.51. The Kier molecular flexibility index (Phi) is 3.39. The number of hydrogen-bond acceptors (Lipinski definition) is 0. The molecule has 0 spiro atoms. The van der Waals surface area contributed by atoms with Gasteiger partial charge in [0.25, 0.3) is 0 Å². The van der Waals surface area contributed by atoms with Crippen LogP contribution in [0.1, 0.15) is 0 Å². The fourth-order valence-corrected chi connectivity index (χ4v) is 3.11. The number of aryl methyl sites for hydroxylation is 1. The van der Waals surface area contributed by atoms with Gasteiger partial charge in [-0.05, 0) is 28.3 Å². The van der Waals surface area contributed by atoms with Crippen LogP contribution in [0.3, 0.4) is 0 Å². The van der Waals surface area contributed by atoms with Gasteiger partial charge in [0, 0.05) is 12.1 Å². The van der Waals surface area contributed by atoms with Crippen LogP contribution in [0.4, 0.5) is 0 Å². The molecule has 0 aliphatic carbocycles. The highest BCUT2D eigenvalue weighted by Gasteiger charge is 2.09. The number of rotatable bonds is 2. The smallest absolute Gasteiger partial charge is 0.201 e. The van der Waals surface area contributed by atoms with Crippen LogP contribution in [-0.4, -0.2) is 0 Å². The Labute approximate surface area is 136 Å². The van der Waals surface area contributed by atoms with E-state index < -0.39 is 0 Å². The summed E-state index contributed by atoms with van der Waals surface area (Å²) in [6.07, 6.45) is 2.09. The molecule has 0 aliphatic heterocycles. The van der Waals surface area contributed by atoms with Gasteiger partial charge >= 0.3 is 0 Å². The second kappa shape index (κ2) is 5.69. The highest BCUT2D eigenvalue weighted by Crippen LogP contribution is 2.29. The van der Waals surface area contributed by atoms with Crippen molar-refractivity contribution < 1.29 is 4.57 Å². The number of nitrogens with zero attached hydrogens (tertiary/aromatic N) is 1. The lowest BCUT2D eigenvalue weighted by molar-refractivity contribution is -0.644. The predicted octanol–water partition coefficient (Wildman–Crippen LogP) is 5.00. The van der Waals surface area contributed by atoms with Crippen LogP contribution in [0, 0.1) is 0 Å². The summed E-state index contributed by atoms with van der Waals surface area (Å²) in [6, 6.07) is 30.1. The maximum Gasteiger partial charge on any atom is 0.212 e. The summed E-state index contributed by atoms with van der Waals surface area (Å²) in [6.45, 7) is 0. The van der Waals surface area contributed by atoms with Crippen molar-refractivity contribution in [1.82, 2.24) is 0 Å². The Balaban J connectivity index is 1.82. The van der Waals surface area contributed by atoms with Gasteiger partial charge in [0.1, 0.15) is 7.05 Å². The zero-order chi connectivity index (χ0) is 15.6. The lowest BCUT2D eigenvalue weighted by Crippen LogP contribution is -2.27. The molecule has 0 amide bonds. The molecule has 4 rings (SSSR count). The number of pyridine rings is 1. The molecule has 0 saturated heterocycles. The van der Waals surface area contributed by atoms with Crippen LogP contribution in [0.5, 0.6) is 0 Å². The summed E-state index contributed by atoms with van der Waals surface area (Å²) in [7, 11) is 2.09. The van der Waals surface area contributed by atoms with Crippen molar-refractivity contribution in [2.75, 3.05) is 0 Å². The fraction of sp³-hybridized carbons (Fsp3) is 0.0455. The second-order valence-corrected chi connectivity index (χ2v) is 5.80. The van der Waals surface area contributed by atoms with E-state index >= 15 is 0 Å². The first-order chi connectivity index (χ1) is 11.3. The molecule has 0 atom stereocenters. The van der Waals surface area contributed by atoms with Gasteiger partial charge in [-0.1, -0.05) is 66.7 Å². The second-order valence-electron chi connectivity index (χ2n) is 5.80. The van der Waals surface area contributed by atoms with Crippen molar-refractivity contribution in [2.45, 2.75) is 0 Å². The largest absolute Gasteiger partial charge is 0.212 e. The Morgan fingerprint density at radius 3 is 2.04 bits per heavy atom. The monoisotopic (exact) mass is 296 g/mol. The Bertz CT molecular complexity index is 954. The third-order valence-corrected chi connectivity index (χ3v) is 4.34. The first-order valence-corrected chi connectivity index (χ1v) is 7.86. The summed E-state index contributed by atoms with van der Waals surface area (Å²) >= 11 is 0. The fourth-order valence-electron chi connectivity index (χ4n) is 3.11. The number of fused-ring (bicyclic) bond motifs is 1. The van der Waals surface area contributed by atoms with E-state index in [9.17, 15) is 0 Å². The lowest BCUT2D eigenvalue weighted by atomic mass is 9.97. The quantitative estimate of drug-likeness (QED) is 0.458. The molecule has 0 N–H and O–H groups in total. The third-order valence-electron chi connectivity index (χ3n) is 4.34. The van der Waals surface area contributed by atoms with Crippen molar-refractivity contribution in [3.05, 3.63) is 91.1 Å². The van der Waals surface area contributed by atoms with E-state index in [0.29, 0.717) is 0 Å². The van der Waals surface area contributed by atoms with Crippen LogP contribution in [0.2, 0.25) is 0 Å². The first kappa shape index (κ1) is 13.7. The average molecular weight is 296 g/mol. The maximum atomic E-state index is 2.21. The highest BCUT2D eigenvalue weighted by atomic mass is 14.9. The molecule has 0 fully saturated rings. The van der Waals surface area contributed by atoms with Gasteiger partial charge in [0.05, 0.1) is 5.39 Å².